The molecule has 0 bridgehead atoms. The molecule has 3 aromatic carbocycles. The summed E-state index contributed by atoms with van der Waals surface area (Å²) in [6.07, 6.45) is 0. The molecule has 7 nitrogen and oxygen atoms in total. The molecule has 0 aliphatic carbocycles. The van der Waals surface area contributed by atoms with E-state index in [1.165, 1.54) is 12.1 Å². The maximum Gasteiger partial charge on any atom is 0.329 e. The first-order valence-electron chi connectivity index (χ1n) is 9.60. The Hall–Kier alpha value is -3.85. The number of hydrogen-bond donors (Lipinski definition) is 1. The minimum Gasteiger partial charge on any atom is -0.334 e. The van der Waals surface area contributed by atoms with E-state index < -0.39 is 17.1 Å². The molecule has 0 saturated carbocycles. The van der Waals surface area contributed by atoms with Crippen LogP contribution in [0.15, 0.2) is 85.3 Å². The standard InChI is InChI=1S/C23H14BrFN4O3/c24-16-8-5-13(6-9-16)20-27-21(32-28-20)14-7-10-17-19(11-14)26-23(31)29(22(17)30)12-15-3-1-2-4-18(15)25/h1-11H,12H2,(H,26,31). The van der Waals surface area contributed by atoms with E-state index in [-0.39, 0.29) is 23.4 Å². The van der Waals surface area contributed by atoms with Gasteiger partial charge in [0.25, 0.3) is 11.4 Å². The van der Waals surface area contributed by atoms with Crippen LogP contribution in [0.25, 0.3) is 33.7 Å². The molecule has 5 aromatic rings. The molecule has 0 amide bonds. The van der Waals surface area contributed by atoms with Crippen LogP contribution in [0.4, 0.5) is 4.39 Å². The van der Waals surface area contributed by atoms with Crippen LogP contribution in [0.2, 0.25) is 0 Å². The van der Waals surface area contributed by atoms with Crippen LogP contribution in [-0.4, -0.2) is 19.7 Å². The fourth-order valence-electron chi connectivity index (χ4n) is 3.39. The Morgan fingerprint density at radius 3 is 2.53 bits per heavy atom. The summed E-state index contributed by atoms with van der Waals surface area (Å²) < 4.78 is 21.3. The highest BCUT2D eigenvalue weighted by atomic mass is 79.9. The molecule has 0 unspecified atom stereocenters. The van der Waals surface area contributed by atoms with E-state index in [1.807, 2.05) is 24.3 Å². The number of H-pyrrole nitrogens is 1. The zero-order valence-electron chi connectivity index (χ0n) is 16.4. The van der Waals surface area contributed by atoms with Gasteiger partial charge in [-0.1, -0.05) is 39.3 Å². The number of aromatic nitrogens is 4. The molecule has 0 radical (unpaired) electrons. The highest BCUT2D eigenvalue weighted by Crippen LogP contribution is 2.25. The van der Waals surface area contributed by atoms with E-state index in [0.29, 0.717) is 16.9 Å². The van der Waals surface area contributed by atoms with Crippen molar-refractivity contribution >= 4 is 26.8 Å². The van der Waals surface area contributed by atoms with Crippen molar-refractivity contribution in [2.45, 2.75) is 6.54 Å². The lowest BCUT2D eigenvalue weighted by Gasteiger charge is -2.08. The molecule has 0 aliphatic rings. The van der Waals surface area contributed by atoms with Gasteiger partial charge in [0.1, 0.15) is 5.82 Å². The van der Waals surface area contributed by atoms with Gasteiger partial charge in [0, 0.05) is 21.2 Å². The van der Waals surface area contributed by atoms with Gasteiger partial charge < -0.3 is 9.51 Å². The van der Waals surface area contributed by atoms with Crippen molar-refractivity contribution in [3.8, 4) is 22.8 Å². The van der Waals surface area contributed by atoms with Gasteiger partial charge in [-0.05, 0) is 48.5 Å². The van der Waals surface area contributed by atoms with Crippen molar-refractivity contribution in [1.82, 2.24) is 19.7 Å². The van der Waals surface area contributed by atoms with Crippen molar-refractivity contribution in [2.75, 3.05) is 0 Å². The first-order chi connectivity index (χ1) is 15.5. The van der Waals surface area contributed by atoms with Crippen LogP contribution in [0, 0.1) is 5.82 Å². The molecular weight excluding hydrogens is 479 g/mol. The zero-order valence-corrected chi connectivity index (χ0v) is 18.0. The zero-order chi connectivity index (χ0) is 22.2. The molecule has 0 atom stereocenters. The second-order valence-corrected chi connectivity index (χ2v) is 8.02. The highest BCUT2D eigenvalue weighted by Gasteiger charge is 2.14. The lowest BCUT2D eigenvalue weighted by Crippen LogP contribution is -2.35. The van der Waals surface area contributed by atoms with Crippen molar-refractivity contribution in [2.24, 2.45) is 0 Å². The summed E-state index contributed by atoms with van der Waals surface area (Å²) >= 11 is 3.38. The summed E-state index contributed by atoms with van der Waals surface area (Å²) in [5.74, 6) is 0.190. The van der Waals surface area contributed by atoms with Crippen LogP contribution < -0.4 is 11.2 Å². The normalized spacial score (nSPS) is 11.2. The number of benzene rings is 3. The summed E-state index contributed by atoms with van der Waals surface area (Å²) in [7, 11) is 0. The predicted octanol–water partition coefficient (Wildman–Crippen LogP) is 4.36. The largest absolute Gasteiger partial charge is 0.334 e. The number of nitrogens with zero attached hydrogens (tertiary/aromatic N) is 3. The summed E-state index contributed by atoms with van der Waals surface area (Å²) in [5, 5.41) is 4.29. The molecule has 0 aliphatic heterocycles. The fourth-order valence-corrected chi connectivity index (χ4v) is 3.65. The third kappa shape index (κ3) is 3.67. The third-order valence-electron chi connectivity index (χ3n) is 5.04. The number of rotatable bonds is 4. The topological polar surface area (TPSA) is 93.8 Å². The molecule has 0 spiro atoms. The Morgan fingerprint density at radius 1 is 1.00 bits per heavy atom. The SMILES string of the molecule is O=c1[nH]c2cc(-c3nc(-c4ccc(Br)cc4)no3)ccc2c(=O)n1Cc1ccccc1F. The monoisotopic (exact) mass is 492 g/mol. The molecular formula is C23H14BrFN4O3. The summed E-state index contributed by atoms with van der Waals surface area (Å²) in [5.41, 5.74) is 0.764. The Morgan fingerprint density at radius 2 is 1.75 bits per heavy atom. The third-order valence-corrected chi connectivity index (χ3v) is 5.57. The Balaban J connectivity index is 1.53. The van der Waals surface area contributed by atoms with Crippen LogP contribution in [0.3, 0.4) is 0 Å². The van der Waals surface area contributed by atoms with Gasteiger partial charge in [-0.15, -0.1) is 0 Å². The lowest BCUT2D eigenvalue weighted by molar-refractivity contribution is 0.432. The Kier molecular flexibility index (Phi) is 5.02. The molecule has 0 fully saturated rings. The van der Waals surface area contributed by atoms with Crippen molar-refractivity contribution in [1.29, 1.82) is 0 Å². The average molecular weight is 493 g/mol. The van der Waals surface area contributed by atoms with Gasteiger partial charge >= 0.3 is 5.69 Å². The predicted molar refractivity (Wildman–Crippen MR) is 121 cm³/mol. The second kappa shape index (κ2) is 8.01. The minimum atomic E-state index is -0.635. The van der Waals surface area contributed by atoms with Crippen LogP contribution >= 0.6 is 15.9 Å². The van der Waals surface area contributed by atoms with E-state index in [9.17, 15) is 14.0 Å². The maximum atomic E-state index is 14.0. The lowest BCUT2D eigenvalue weighted by atomic mass is 10.1. The molecule has 0 saturated heterocycles. The van der Waals surface area contributed by atoms with Gasteiger partial charge in [0.15, 0.2) is 0 Å². The second-order valence-electron chi connectivity index (χ2n) is 7.10. The van der Waals surface area contributed by atoms with Crippen LogP contribution in [0.1, 0.15) is 5.56 Å². The van der Waals surface area contributed by atoms with E-state index in [4.69, 9.17) is 4.52 Å². The molecule has 32 heavy (non-hydrogen) atoms. The Bertz CT molecular complexity index is 1570. The van der Waals surface area contributed by atoms with Crippen molar-refractivity contribution in [3.05, 3.63) is 103 Å². The highest BCUT2D eigenvalue weighted by molar-refractivity contribution is 9.10. The van der Waals surface area contributed by atoms with Gasteiger partial charge in [-0.2, -0.15) is 4.98 Å². The molecule has 9 heteroatoms. The van der Waals surface area contributed by atoms with Gasteiger partial charge in [0.05, 0.1) is 17.4 Å². The quantitative estimate of drug-likeness (QED) is 0.402. The number of halogens is 2. The van der Waals surface area contributed by atoms with E-state index in [1.54, 1.807) is 30.3 Å². The first-order valence-corrected chi connectivity index (χ1v) is 10.4. The van der Waals surface area contributed by atoms with E-state index >= 15 is 0 Å². The average Bonchev–Trinajstić information content (AvgIpc) is 3.28. The minimum absolute atomic E-state index is 0.168. The summed E-state index contributed by atoms with van der Waals surface area (Å²) in [4.78, 5) is 32.5. The first kappa shape index (κ1) is 20.1. The molecule has 1 N–H and O–H groups in total. The van der Waals surface area contributed by atoms with Gasteiger partial charge in [-0.3, -0.25) is 9.36 Å². The van der Waals surface area contributed by atoms with Gasteiger partial charge in [-0.25, -0.2) is 9.18 Å². The number of hydrogen-bond acceptors (Lipinski definition) is 5. The molecule has 2 heterocycles. The molecule has 2 aromatic heterocycles. The number of nitrogens with one attached hydrogen (secondary N) is 1. The Labute approximate surface area is 188 Å². The fraction of sp³-hybridized carbons (Fsp3) is 0.0435. The van der Waals surface area contributed by atoms with Crippen LogP contribution in [0.5, 0.6) is 0 Å². The van der Waals surface area contributed by atoms with Gasteiger partial charge in [0.2, 0.25) is 5.82 Å². The van der Waals surface area contributed by atoms with E-state index in [0.717, 1.165) is 14.6 Å². The van der Waals surface area contributed by atoms with Crippen LogP contribution in [-0.2, 0) is 6.54 Å². The molecule has 5 rings (SSSR count). The van der Waals surface area contributed by atoms with Crippen molar-refractivity contribution < 1.29 is 8.91 Å². The summed E-state index contributed by atoms with van der Waals surface area (Å²) in [6, 6.07) is 18.3. The number of aromatic amines is 1. The smallest absolute Gasteiger partial charge is 0.329 e. The molecule has 158 valence electrons. The summed E-state index contributed by atoms with van der Waals surface area (Å²) in [6.45, 7) is -0.168. The van der Waals surface area contributed by atoms with Crippen molar-refractivity contribution in [3.63, 3.8) is 0 Å². The van der Waals surface area contributed by atoms with E-state index in [2.05, 4.69) is 31.1 Å². The number of fused-ring (bicyclic) bond motifs is 1. The maximum absolute atomic E-state index is 14.0.